The third-order valence-electron chi connectivity index (χ3n) is 1.61. The molecule has 0 atom stereocenters. The lowest BCUT2D eigenvalue weighted by atomic mass is 10.2. The Morgan fingerprint density at radius 2 is 1.56 bits per heavy atom. The molecular weight excluding hydrogens is 296 g/mol. The second kappa shape index (κ2) is 3.63. The molecule has 0 amide bonds. The summed E-state index contributed by atoms with van der Waals surface area (Å²) in [5.41, 5.74) is 4.97. The van der Waals surface area contributed by atoms with Crippen molar-refractivity contribution in [2.45, 2.75) is 11.4 Å². The van der Waals surface area contributed by atoms with Crippen LogP contribution in [0.3, 0.4) is 0 Å². The van der Waals surface area contributed by atoms with E-state index < -0.39 is 20.1 Å². The van der Waals surface area contributed by atoms with Crippen LogP contribution in [0, 0.1) is 0 Å². The van der Waals surface area contributed by atoms with Crippen molar-refractivity contribution in [1.29, 1.82) is 0 Å². The van der Waals surface area contributed by atoms with Crippen LogP contribution < -0.4 is 5.73 Å². The van der Waals surface area contributed by atoms with Crippen molar-refractivity contribution in [3.8, 4) is 0 Å². The summed E-state index contributed by atoms with van der Waals surface area (Å²) in [7, 11) is -9.65. The Bertz CT molecular complexity index is 404. The number of nitrogens with two attached hydrogens (primary N) is 1. The fourth-order valence-corrected chi connectivity index (χ4v) is 2.01. The first kappa shape index (κ1) is 15.8. The number of halogens is 7. The van der Waals surface area contributed by atoms with Gasteiger partial charge in [0, 0.05) is 11.6 Å². The van der Waals surface area contributed by atoms with Gasteiger partial charge in [0.25, 0.3) is 0 Å². The average molecular weight is 304 g/mol. The lowest BCUT2D eigenvalue weighted by molar-refractivity contribution is 0.364. The number of hydrogen-bond donors (Lipinski definition) is 1. The molecule has 0 bridgehead atoms. The van der Waals surface area contributed by atoms with E-state index in [1.165, 1.54) is 0 Å². The summed E-state index contributed by atoms with van der Waals surface area (Å²) in [6.45, 7) is -0.290. The van der Waals surface area contributed by atoms with Gasteiger partial charge in [-0.3, -0.25) is 0 Å². The lowest BCUT2D eigenvalue weighted by Gasteiger charge is -2.40. The van der Waals surface area contributed by atoms with Crippen LogP contribution in [0.1, 0.15) is 5.56 Å². The van der Waals surface area contributed by atoms with Crippen LogP contribution >= 0.6 is 34.2 Å². The van der Waals surface area contributed by atoms with Gasteiger partial charge in [0.05, 0.1) is 0 Å². The van der Waals surface area contributed by atoms with Crippen LogP contribution in [0.2, 0.25) is 5.02 Å². The summed E-state index contributed by atoms with van der Waals surface area (Å²) in [6.07, 6.45) is 0. The quantitative estimate of drug-likeness (QED) is 0.774. The maximum atomic E-state index is 12.3. The molecule has 0 heterocycles. The molecule has 96 valence electrons. The molecule has 16 heavy (non-hydrogen) atoms. The maximum Gasteiger partial charge on any atom is 0.310 e. The summed E-state index contributed by atoms with van der Waals surface area (Å²) < 4.78 is 61.7. The maximum absolute atomic E-state index is 12.3. The minimum Gasteiger partial charge on any atom is -0.326 e. The highest BCUT2D eigenvalue weighted by Gasteiger charge is 2.65. The van der Waals surface area contributed by atoms with Crippen LogP contribution in [0.5, 0.6) is 0 Å². The van der Waals surface area contributed by atoms with Crippen molar-refractivity contribution in [2.24, 2.45) is 5.73 Å². The Hall–Kier alpha value is -0.240. The molecule has 0 spiro atoms. The van der Waals surface area contributed by atoms with E-state index in [9.17, 15) is 19.4 Å². The molecule has 0 aliphatic heterocycles. The first-order valence-corrected chi connectivity index (χ1v) is 5.99. The van der Waals surface area contributed by atoms with Crippen molar-refractivity contribution < 1.29 is 19.4 Å². The fourth-order valence-electron chi connectivity index (χ4n) is 0.961. The summed E-state index contributed by atoms with van der Waals surface area (Å²) >= 11 is 5.29. The molecule has 0 aliphatic rings. The third kappa shape index (κ3) is 3.97. The molecule has 2 N–H and O–H groups in total. The normalized spacial score (nSPS) is 15.9. The predicted molar refractivity (Wildman–Crippen MR) is 58.0 cm³/mol. The van der Waals surface area contributed by atoms with E-state index in [1.807, 2.05) is 0 Å². The van der Waals surface area contributed by atoms with Gasteiger partial charge in [-0.05, 0) is 23.8 Å². The van der Waals surface area contributed by atoms with Crippen molar-refractivity contribution >= 4 is 34.2 Å². The van der Waals surface area contributed by atoms with E-state index in [1.54, 1.807) is 0 Å². The molecule has 0 saturated heterocycles. The van der Waals surface area contributed by atoms with Gasteiger partial charge < -0.3 is 5.73 Å². The fraction of sp³-hybridized carbons (Fsp3) is 0.143. The SMILES string of the molecule is Cl.NCc1cc(Cl)cc(S(F)(F)(F)(F)F)c1. The molecule has 9 heteroatoms. The number of rotatable bonds is 2. The van der Waals surface area contributed by atoms with Gasteiger partial charge in [0.1, 0.15) is 4.90 Å². The van der Waals surface area contributed by atoms with Gasteiger partial charge in [-0.1, -0.05) is 31.0 Å². The topological polar surface area (TPSA) is 26.0 Å². The molecule has 0 saturated carbocycles. The standard InChI is InChI=1S/C7H7ClF5NS.ClH/c8-6-1-5(4-14)2-7(3-6)15(9,10,11,12)13;/h1-3H,4,14H2;1H. The first-order valence-electron chi connectivity index (χ1n) is 3.66. The van der Waals surface area contributed by atoms with Crippen LogP contribution in [0.15, 0.2) is 23.1 Å². The van der Waals surface area contributed by atoms with Crippen molar-refractivity contribution in [3.05, 3.63) is 28.8 Å². The number of benzene rings is 1. The van der Waals surface area contributed by atoms with Crippen molar-refractivity contribution in [1.82, 2.24) is 0 Å². The zero-order valence-corrected chi connectivity index (χ0v) is 9.99. The summed E-state index contributed by atoms with van der Waals surface area (Å²) in [5.74, 6) is 0. The molecule has 1 nitrogen and oxygen atoms in total. The minimum atomic E-state index is -9.65. The monoisotopic (exact) mass is 303 g/mol. The smallest absolute Gasteiger partial charge is 0.310 e. The zero-order chi connectivity index (χ0) is 12.0. The highest BCUT2D eigenvalue weighted by molar-refractivity contribution is 8.45. The average Bonchev–Trinajstić information content (AvgIpc) is 1.99. The van der Waals surface area contributed by atoms with E-state index in [0.717, 1.165) is 6.07 Å². The van der Waals surface area contributed by atoms with Gasteiger partial charge in [0.2, 0.25) is 0 Å². The molecule has 0 unspecified atom stereocenters. The Morgan fingerprint density at radius 3 is 1.94 bits per heavy atom. The van der Waals surface area contributed by atoms with Crippen LogP contribution in [0.25, 0.3) is 0 Å². The van der Waals surface area contributed by atoms with Crippen LogP contribution in [-0.2, 0) is 6.54 Å². The van der Waals surface area contributed by atoms with E-state index in [4.69, 9.17) is 17.3 Å². The van der Waals surface area contributed by atoms with E-state index in [0.29, 0.717) is 6.07 Å². The molecule has 0 aliphatic carbocycles. The third-order valence-corrected chi connectivity index (χ3v) is 2.96. The molecule has 0 fully saturated rings. The first-order chi connectivity index (χ1) is 6.42. The van der Waals surface area contributed by atoms with Crippen molar-refractivity contribution in [3.63, 3.8) is 0 Å². The van der Waals surface area contributed by atoms with Crippen LogP contribution in [-0.4, -0.2) is 0 Å². The van der Waals surface area contributed by atoms with E-state index in [2.05, 4.69) is 0 Å². The number of hydrogen-bond acceptors (Lipinski definition) is 1. The summed E-state index contributed by atoms with van der Waals surface area (Å²) in [5, 5.41) is -0.416. The van der Waals surface area contributed by atoms with Gasteiger partial charge in [-0.2, -0.15) is 0 Å². The van der Waals surface area contributed by atoms with Gasteiger partial charge in [-0.25, -0.2) is 0 Å². The Labute approximate surface area is 99.9 Å². The van der Waals surface area contributed by atoms with E-state index in [-0.39, 0.29) is 30.6 Å². The Balaban J connectivity index is 0.00000225. The highest BCUT2D eigenvalue weighted by atomic mass is 35.5. The molecule has 1 aromatic carbocycles. The molecule has 0 radical (unpaired) electrons. The van der Waals surface area contributed by atoms with Crippen LogP contribution in [0.4, 0.5) is 19.4 Å². The Morgan fingerprint density at radius 1 is 1.06 bits per heavy atom. The second-order valence-corrected chi connectivity index (χ2v) is 5.81. The molecule has 0 aromatic heterocycles. The lowest BCUT2D eigenvalue weighted by Crippen LogP contribution is -2.07. The molecule has 1 rings (SSSR count). The van der Waals surface area contributed by atoms with Gasteiger partial charge in [-0.15, -0.1) is 12.4 Å². The van der Waals surface area contributed by atoms with Gasteiger partial charge >= 0.3 is 10.2 Å². The Kier molecular flexibility index (Phi) is 3.57. The minimum absolute atomic E-state index is 0. The van der Waals surface area contributed by atoms with Crippen molar-refractivity contribution in [2.75, 3.05) is 0 Å². The zero-order valence-electron chi connectivity index (χ0n) is 7.60. The summed E-state index contributed by atoms with van der Waals surface area (Å²) in [4.78, 5) is -2.01. The second-order valence-electron chi connectivity index (χ2n) is 2.97. The highest BCUT2D eigenvalue weighted by Crippen LogP contribution is 3.02. The van der Waals surface area contributed by atoms with Gasteiger partial charge in [0.15, 0.2) is 0 Å². The largest absolute Gasteiger partial charge is 0.326 e. The predicted octanol–water partition coefficient (Wildman–Crippen LogP) is 4.88. The van der Waals surface area contributed by atoms with E-state index >= 15 is 0 Å². The molecular formula is C7H8Cl2F5NS. The summed E-state index contributed by atoms with van der Waals surface area (Å²) in [6, 6.07) is 1.62. The molecule has 1 aromatic rings.